The monoisotopic (exact) mass is 251 g/mol. The number of aromatic hydroxyl groups is 1. The third-order valence-electron chi connectivity index (χ3n) is 2.82. The minimum absolute atomic E-state index is 0.179. The van der Waals surface area contributed by atoms with Crippen molar-refractivity contribution in [3.05, 3.63) is 22.5 Å². The minimum Gasteiger partial charge on any atom is -0.493 e. The van der Waals surface area contributed by atoms with Gasteiger partial charge in [0.05, 0.1) is 20.8 Å². The highest BCUT2D eigenvalue weighted by atomic mass is 16.5. The van der Waals surface area contributed by atoms with Crippen molar-refractivity contribution in [1.29, 1.82) is 0 Å². The highest BCUT2D eigenvalue weighted by Gasteiger charge is 2.18. The van der Waals surface area contributed by atoms with Crippen LogP contribution in [0.15, 0.2) is 16.9 Å². The van der Waals surface area contributed by atoms with Crippen molar-refractivity contribution in [3.63, 3.8) is 0 Å². The summed E-state index contributed by atoms with van der Waals surface area (Å²) >= 11 is 0. The number of nitrogens with zero attached hydrogens (tertiary/aromatic N) is 1. The maximum Gasteiger partial charge on any atom is 0.454 e. The molecule has 2 aromatic rings. The summed E-state index contributed by atoms with van der Waals surface area (Å²) in [4.78, 5) is 14.9. The smallest absolute Gasteiger partial charge is 0.454 e. The number of methoxy groups -OCH3 is 2. The topological polar surface area (TPSA) is 74.8 Å². The lowest BCUT2D eigenvalue weighted by molar-refractivity contribution is -0.372. The lowest BCUT2D eigenvalue weighted by Gasteiger charge is -2.07. The van der Waals surface area contributed by atoms with E-state index in [4.69, 9.17) is 9.47 Å². The largest absolute Gasteiger partial charge is 0.493 e. The van der Waals surface area contributed by atoms with Gasteiger partial charge in [0.1, 0.15) is 10.9 Å². The van der Waals surface area contributed by atoms with Crippen molar-refractivity contribution in [2.24, 2.45) is 0 Å². The van der Waals surface area contributed by atoms with E-state index >= 15 is 0 Å². The molecule has 6 heteroatoms. The maximum atomic E-state index is 12.1. The van der Waals surface area contributed by atoms with Crippen LogP contribution < -0.4 is 20.0 Å². The highest BCUT2D eigenvalue weighted by Crippen LogP contribution is 2.29. The van der Waals surface area contributed by atoms with Gasteiger partial charge in [-0.25, -0.2) is 9.78 Å². The van der Waals surface area contributed by atoms with Crippen molar-refractivity contribution in [2.45, 2.75) is 13.5 Å². The van der Waals surface area contributed by atoms with E-state index in [0.29, 0.717) is 28.9 Å². The molecule has 0 unspecified atom stereocenters. The van der Waals surface area contributed by atoms with Crippen molar-refractivity contribution in [2.75, 3.05) is 14.2 Å². The minimum atomic E-state index is -0.273. The molecule has 0 aliphatic carbocycles. The lowest BCUT2D eigenvalue weighted by atomic mass is 10.2. The predicted molar refractivity (Wildman–Crippen MR) is 65.2 cm³/mol. The normalized spacial score (nSPS) is 10.6. The van der Waals surface area contributed by atoms with Gasteiger partial charge in [0.15, 0.2) is 11.5 Å². The van der Waals surface area contributed by atoms with Gasteiger partial charge in [-0.3, -0.25) is 0 Å². The first-order valence-electron chi connectivity index (χ1n) is 5.53. The fourth-order valence-electron chi connectivity index (χ4n) is 1.88. The molecule has 1 aromatic heterocycles. The Morgan fingerprint density at radius 1 is 1.28 bits per heavy atom. The van der Waals surface area contributed by atoms with Crippen molar-refractivity contribution in [3.8, 4) is 17.5 Å². The molecule has 1 aromatic carbocycles. The van der Waals surface area contributed by atoms with Crippen LogP contribution in [0.3, 0.4) is 0 Å². The zero-order valence-electron chi connectivity index (χ0n) is 10.5. The van der Waals surface area contributed by atoms with Gasteiger partial charge < -0.3 is 14.6 Å². The second kappa shape index (κ2) is 4.56. The Balaban J connectivity index is 2.85. The van der Waals surface area contributed by atoms with Crippen LogP contribution >= 0.6 is 0 Å². The average molecular weight is 251 g/mol. The Labute approximate surface area is 103 Å². The number of ether oxygens (including phenoxy) is 2. The van der Waals surface area contributed by atoms with E-state index in [2.05, 4.69) is 4.98 Å². The molecule has 0 aliphatic rings. The van der Waals surface area contributed by atoms with E-state index in [9.17, 15) is 9.90 Å². The van der Waals surface area contributed by atoms with Gasteiger partial charge in [0.25, 0.3) is 0 Å². The number of hydrogen-bond acceptors (Lipinski definition) is 4. The third-order valence-corrected chi connectivity index (χ3v) is 2.82. The average Bonchev–Trinajstić information content (AvgIpc) is 2.37. The van der Waals surface area contributed by atoms with E-state index in [1.807, 2.05) is 0 Å². The van der Waals surface area contributed by atoms with Crippen LogP contribution in [0, 0.1) is 0 Å². The summed E-state index contributed by atoms with van der Waals surface area (Å²) in [5.41, 5.74) is 0.226. The SMILES string of the molecule is CCn1c(O)[nH+]c2cc(OC)c(OC)cc2c1=O. The van der Waals surface area contributed by atoms with Crippen LogP contribution in [-0.4, -0.2) is 23.9 Å². The Morgan fingerprint density at radius 2 is 1.89 bits per heavy atom. The molecule has 0 saturated carbocycles. The van der Waals surface area contributed by atoms with Gasteiger partial charge >= 0.3 is 11.6 Å². The fraction of sp³-hybridized carbons (Fsp3) is 0.333. The number of aromatic amines is 1. The summed E-state index contributed by atoms with van der Waals surface area (Å²) in [5.74, 6) is 0.971. The molecular formula is C12H15N2O4+. The van der Waals surface area contributed by atoms with Crippen LogP contribution in [0.1, 0.15) is 6.92 Å². The molecule has 0 fully saturated rings. The van der Waals surface area contributed by atoms with Gasteiger partial charge in [0, 0.05) is 12.1 Å². The van der Waals surface area contributed by atoms with Gasteiger partial charge in [-0.1, -0.05) is 0 Å². The number of hydrogen-bond donors (Lipinski definition) is 1. The molecule has 0 aliphatic heterocycles. The molecule has 0 amide bonds. The Bertz CT molecular complexity index is 649. The summed E-state index contributed by atoms with van der Waals surface area (Å²) < 4.78 is 11.5. The quantitative estimate of drug-likeness (QED) is 0.864. The van der Waals surface area contributed by atoms with Crippen LogP contribution in [0.25, 0.3) is 10.9 Å². The first kappa shape index (κ1) is 12.2. The second-order valence-electron chi connectivity index (χ2n) is 3.75. The number of fused-ring (bicyclic) bond motifs is 1. The number of rotatable bonds is 3. The van der Waals surface area contributed by atoms with Gasteiger partial charge in [-0.2, -0.15) is 4.57 Å². The van der Waals surface area contributed by atoms with Crippen LogP contribution in [0.4, 0.5) is 0 Å². The zero-order chi connectivity index (χ0) is 13.3. The lowest BCUT2D eigenvalue weighted by Crippen LogP contribution is -2.26. The third kappa shape index (κ3) is 1.75. The van der Waals surface area contributed by atoms with E-state index in [-0.39, 0.29) is 11.6 Å². The van der Waals surface area contributed by atoms with E-state index in [0.717, 1.165) is 0 Å². The van der Waals surface area contributed by atoms with Crippen LogP contribution in [0.2, 0.25) is 0 Å². The van der Waals surface area contributed by atoms with Gasteiger partial charge in [-0.05, 0) is 6.92 Å². The summed E-state index contributed by atoms with van der Waals surface area (Å²) in [6.07, 6.45) is 0. The van der Waals surface area contributed by atoms with E-state index < -0.39 is 0 Å². The Kier molecular flexibility index (Phi) is 3.10. The van der Waals surface area contributed by atoms with Gasteiger partial charge in [-0.15, -0.1) is 0 Å². The molecule has 1 heterocycles. The Hall–Kier alpha value is -2.24. The molecule has 2 N–H and O–H groups in total. The number of benzene rings is 1. The summed E-state index contributed by atoms with van der Waals surface area (Å²) in [7, 11) is 3.02. The van der Waals surface area contributed by atoms with Crippen molar-refractivity contribution >= 4 is 10.9 Å². The van der Waals surface area contributed by atoms with Gasteiger partial charge in [0.2, 0.25) is 0 Å². The number of aromatic nitrogens is 2. The Morgan fingerprint density at radius 3 is 2.44 bits per heavy atom. The van der Waals surface area contributed by atoms with Crippen LogP contribution in [-0.2, 0) is 6.54 Å². The summed E-state index contributed by atoms with van der Waals surface area (Å²) in [6.45, 7) is 2.16. The molecule has 0 spiro atoms. The maximum absolute atomic E-state index is 12.1. The molecule has 6 nitrogen and oxygen atoms in total. The van der Waals surface area contributed by atoms with E-state index in [1.165, 1.54) is 18.8 Å². The van der Waals surface area contributed by atoms with Crippen LogP contribution in [0.5, 0.6) is 17.5 Å². The first-order chi connectivity index (χ1) is 8.62. The molecular weight excluding hydrogens is 236 g/mol. The van der Waals surface area contributed by atoms with Crippen molar-refractivity contribution in [1.82, 2.24) is 4.57 Å². The molecule has 96 valence electrons. The van der Waals surface area contributed by atoms with Crippen molar-refractivity contribution < 1.29 is 19.6 Å². The first-order valence-corrected chi connectivity index (χ1v) is 5.53. The number of nitrogens with one attached hydrogen (secondary N) is 1. The molecule has 0 atom stereocenters. The second-order valence-corrected chi connectivity index (χ2v) is 3.75. The van der Waals surface area contributed by atoms with E-state index in [1.54, 1.807) is 19.1 Å². The summed E-state index contributed by atoms with van der Waals surface area (Å²) in [6, 6.07) is 3.04. The molecule has 18 heavy (non-hydrogen) atoms. The standard InChI is InChI=1S/C12H14N2O4/c1-4-14-11(15)7-5-9(17-2)10(18-3)6-8(7)13-12(14)16/h5-6H,4H2,1-3H3,(H,13,16)/p+1. The summed E-state index contributed by atoms with van der Waals surface area (Å²) in [5, 5.41) is 10.2. The molecule has 0 radical (unpaired) electrons. The molecule has 0 saturated heterocycles. The zero-order valence-corrected chi connectivity index (χ0v) is 10.5. The molecule has 2 rings (SSSR count). The number of H-pyrrole nitrogens is 1. The highest BCUT2D eigenvalue weighted by molar-refractivity contribution is 5.79. The predicted octanol–water partition coefficient (Wildman–Crippen LogP) is 0.558. The fourth-order valence-corrected chi connectivity index (χ4v) is 1.88. The molecule has 0 bridgehead atoms.